The lowest BCUT2D eigenvalue weighted by atomic mass is 10.1. The highest BCUT2D eigenvalue weighted by molar-refractivity contribution is 7.17. The Labute approximate surface area is 183 Å². The van der Waals surface area contributed by atoms with Gasteiger partial charge in [0.05, 0.1) is 11.7 Å². The van der Waals surface area contributed by atoms with Crippen LogP contribution in [0.3, 0.4) is 0 Å². The maximum Gasteiger partial charge on any atom is 0.262 e. The highest BCUT2D eigenvalue weighted by atomic mass is 35.5. The second-order valence-electron chi connectivity index (χ2n) is 7.06. The van der Waals surface area contributed by atoms with Crippen LogP contribution in [0.5, 0.6) is 0 Å². The first-order valence-electron chi connectivity index (χ1n) is 9.56. The van der Waals surface area contributed by atoms with E-state index in [1.807, 2.05) is 54.8 Å². The molecule has 1 amide bonds. The number of carbonyl (C=O) groups is 1. The van der Waals surface area contributed by atoms with Gasteiger partial charge in [-0.25, -0.2) is 4.98 Å². The number of halogens is 1. The molecular weight excluding hydrogens is 418 g/mol. The lowest BCUT2D eigenvalue weighted by Gasteiger charge is -2.08. The lowest BCUT2D eigenvalue weighted by Crippen LogP contribution is -2.27. The molecule has 2 aromatic heterocycles. The summed E-state index contributed by atoms with van der Waals surface area (Å²) in [6, 6.07) is 15.4. The molecule has 4 rings (SSSR count). The molecule has 2 heterocycles. The number of hydrogen-bond donors (Lipinski definition) is 1. The highest BCUT2D eigenvalue weighted by Gasteiger charge is 2.14. The average Bonchev–Trinajstić information content (AvgIpc) is 3.18. The molecule has 0 bridgehead atoms. The summed E-state index contributed by atoms with van der Waals surface area (Å²) in [7, 11) is 0. The smallest absolute Gasteiger partial charge is 0.262 e. The Morgan fingerprint density at radius 2 is 1.93 bits per heavy atom. The van der Waals surface area contributed by atoms with E-state index in [1.54, 1.807) is 6.07 Å². The van der Waals surface area contributed by atoms with Crippen LogP contribution in [-0.2, 0) is 17.9 Å². The molecular formula is C23H20ClN3O2S. The molecule has 0 saturated heterocycles. The highest BCUT2D eigenvalue weighted by Crippen LogP contribution is 2.30. The summed E-state index contributed by atoms with van der Waals surface area (Å²) in [4.78, 5) is 30.5. The van der Waals surface area contributed by atoms with Crippen LogP contribution in [-0.4, -0.2) is 15.5 Å². The monoisotopic (exact) mass is 437 g/mol. The Kier molecular flexibility index (Phi) is 5.97. The number of benzene rings is 2. The van der Waals surface area contributed by atoms with Crippen molar-refractivity contribution < 1.29 is 4.79 Å². The van der Waals surface area contributed by atoms with E-state index in [9.17, 15) is 9.59 Å². The summed E-state index contributed by atoms with van der Waals surface area (Å²) in [6.45, 7) is 2.65. The number of amides is 1. The number of nitrogens with zero attached hydrogens (tertiary/aromatic N) is 2. The normalized spacial score (nSPS) is 11.0. The van der Waals surface area contributed by atoms with Gasteiger partial charge in [0, 0.05) is 35.5 Å². The van der Waals surface area contributed by atoms with Gasteiger partial charge in [-0.3, -0.25) is 14.2 Å². The van der Waals surface area contributed by atoms with Crippen LogP contribution >= 0.6 is 22.9 Å². The van der Waals surface area contributed by atoms with Crippen molar-refractivity contribution in [1.82, 2.24) is 14.9 Å². The van der Waals surface area contributed by atoms with E-state index < -0.39 is 0 Å². The van der Waals surface area contributed by atoms with Crippen molar-refractivity contribution in [2.45, 2.75) is 26.4 Å². The van der Waals surface area contributed by atoms with Crippen LogP contribution in [0.1, 0.15) is 17.5 Å². The molecule has 0 aliphatic carbocycles. The molecule has 0 aliphatic heterocycles. The maximum atomic E-state index is 13.1. The predicted molar refractivity (Wildman–Crippen MR) is 122 cm³/mol. The molecule has 0 atom stereocenters. The van der Waals surface area contributed by atoms with Gasteiger partial charge in [-0.05, 0) is 24.1 Å². The zero-order valence-corrected chi connectivity index (χ0v) is 18.0. The largest absolute Gasteiger partial charge is 0.352 e. The van der Waals surface area contributed by atoms with Gasteiger partial charge in [-0.2, -0.15) is 0 Å². The van der Waals surface area contributed by atoms with Crippen LogP contribution in [0.2, 0.25) is 5.02 Å². The first kappa shape index (κ1) is 20.3. The third kappa shape index (κ3) is 4.30. The standard InChI is InChI=1S/C23H20ClN3O2S/c1-15-6-8-16(9-7-15)18-13-30-22-21(18)23(29)27(14-26-22)11-10-20(28)25-12-17-4-2-3-5-19(17)24/h2-9,13-14H,10-12H2,1H3,(H,25,28). The molecule has 0 fully saturated rings. The van der Waals surface area contributed by atoms with Gasteiger partial charge >= 0.3 is 0 Å². The number of nitrogens with one attached hydrogen (secondary N) is 1. The van der Waals surface area contributed by atoms with Crippen LogP contribution in [0.25, 0.3) is 21.3 Å². The molecule has 0 spiro atoms. The molecule has 7 heteroatoms. The number of aromatic nitrogens is 2. The van der Waals surface area contributed by atoms with Crippen molar-refractivity contribution in [2.75, 3.05) is 0 Å². The van der Waals surface area contributed by atoms with Crippen molar-refractivity contribution in [3.63, 3.8) is 0 Å². The summed E-state index contributed by atoms with van der Waals surface area (Å²) in [5.74, 6) is -0.147. The fourth-order valence-electron chi connectivity index (χ4n) is 3.22. The van der Waals surface area contributed by atoms with E-state index in [1.165, 1.54) is 22.2 Å². The fraction of sp³-hybridized carbons (Fsp3) is 0.174. The topological polar surface area (TPSA) is 64.0 Å². The predicted octanol–water partition coefficient (Wildman–Crippen LogP) is 4.79. The van der Waals surface area contributed by atoms with Crippen LogP contribution in [0.4, 0.5) is 0 Å². The molecule has 5 nitrogen and oxygen atoms in total. The van der Waals surface area contributed by atoms with Gasteiger partial charge in [0.2, 0.25) is 5.91 Å². The Morgan fingerprint density at radius 3 is 2.70 bits per heavy atom. The third-order valence-electron chi connectivity index (χ3n) is 4.94. The number of aryl methyl sites for hydroxylation is 2. The minimum atomic E-state index is -0.147. The zero-order chi connectivity index (χ0) is 21.1. The van der Waals surface area contributed by atoms with E-state index in [-0.39, 0.29) is 24.4 Å². The summed E-state index contributed by atoms with van der Waals surface area (Å²) < 4.78 is 1.50. The van der Waals surface area contributed by atoms with E-state index in [0.29, 0.717) is 21.8 Å². The van der Waals surface area contributed by atoms with Crippen LogP contribution in [0, 0.1) is 6.92 Å². The maximum absolute atomic E-state index is 13.1. The summed E-state index contributed by atoms with van der Waals surface area (Å²) in [5.41, 5.74) is 3.76. The summed E-state index contributed by atoms with van der Waals surface area (Å²) in [5, 5.41) is 6.03. The molecule has 0 radical (unpaired) electrons. The molecule has 2 aromatic carbocycles. The molecule has 0 saturated carbocycles. The number of fused-ring (bicyclic) bond motifs is 1. The second-order valence-corrected chi connectivity index (χ2v) is 8.32. The Bertz CT molecular complexity index is 1260. The minimum Gasteiger partial charge on any atom is -0.352 e. The van der Waals surface area contributed by atoms with Crippen molar-refractivity contribution in [3.05, 3.63) is 86.7 Å². The van der Waals surface area contributed by atoms with E-state index in [0.717, 1.165) is 22.3 Å². The molecule has 4 aromatic rings. The minimum absolute atomic E-state index is 0.129. The number of carbonyl (C=O) groups excluding carboxylic acids is 1. The fourth-order valence-corrected chi connectivity index (χ4v) is 4.33. The average molecular weight is 438 g/mol. The lowest BCUT2D eigenvalue weighted by molar-refractivity contribution is -0.121. The third-order valence-corrected chi connectivity index (χ3v) is 6.19. The molecule has 1 N–H and O–H groups in total. The summed E-state index contributed by atoms with van der Waals surface area (Å²) in [6.07, 6.45) is 1.70. The van der Waals surface area contributed by atoms with Crippen molar-refractivity contribution in [2.24, 2.45) is 0 Å². The SMILES string of the molecule is Cc1ccc(-c2csc3ncn(CCC(=O)NCc4ccccc4Cl)c(=O)c23)cc1. The number of hydrogen-bond acceptors (Lipinski definition) is 4. The first-order valence-corrected chi connectivity index (χ1v) is 10.8. The molecule has 152 valence electrons. The van der Waals surface area contributed by atoms with Crippen LogP contribution < -0.4 is 10.9 Å². The first-order chi connectivity index (χ1) is 14.5. The van der Waals surface area contributed by atoms with Gasteiger partial charge in [0.15, 0.2) is 0 Å². The van der Waals surface area contributed by atoms with Gasteiger partial charge in [-0.15, -0.1) is 11.3 Å². The zero-order valence-electron chi connectivity index (χ0n) is 16.4. The Balaban J connectivity index is 1.49. The molecule has 30 heavy (non-hydrogen) atoms. The number of thiophene rings is 1. The van der Waals surface area contributed by atoms with Gasteiger partial charge < -0.3 is 5.32 Å². The van der Waals surface area contributed by atoms with E-state index >= 15 is 0 Å². The second kappa shape index (κ2) is 8.81. The number of rotatable bonds is 6. The van der Waals surface area contributed by atoms with Crippen molar-refractivity contribution in [1.29, 1.82) is 0 Å². The van der Waals surface area contributed by atoms with Crippen molar-refractivity contribution >= 4 is 39.1 Å². The molecule has 0 aliphatic rings. The van der Waals surface area contributed by atoms with Gasteiger partial charge in [0.1, 0.15) is 4.83 Å². The van der Waals surface area contributed by atoms with Crippen molar-refractivity contribution in [3.8, 4) is 11.1 Å². The van der Waals surface area contributed by atoms with Gasteiger partial charge in [0.25, 0.3) is 5.56 Å². The van der Waals surface area contributed by atoms with E-state index in [2.05, 4.69) is 10.3 Å². The van der Waals surface area contributed by atoms with Crippen LogP contribution in [0.15, 0.2) is 65.0 Å². The Morgan fingerprint density at radius 1 is 1.17 bits per heavy atom. The molecule has 0 unspecified atom stereocenters. The Hall–Kier alpha value is -2.96. The van der Waals surface area contributed by atoms with E-state index in [4.69, 9.17) is 11.6 Å². The quantitative estimate of drug-likeness (QED) is 0.471. The summed E-state index contributed by atoms with van der Waals surface area (Å²) >= 11 is 7.57. The van der Waals surface area contributed by atoms with Gasteiger partial charge in [-0.1, -0.05) is 59.6 Å².